The lowest BCUT2D eigenvalue weighted by molar-refractivity contribution is -0.190. The number of fused-ring (bicyclic) bond motifs is 1. The van der Waals surface area contributed by atoms with Crippen LogP contribution in [0.2, 0.25) is 0 Å². The summed E-state index contributed by atoms with van der Waals surface area (Å²) in [7, 11) is 0. The van der Waals surface area contributed by atoms with E-state index in [0.29, 0.717) is 29.1 Å². The molecule has 1 saturated heterocycles. The average Bonchev–Trinajstić information content (AvgIpc) is 3.56. The number of rotatable bonds is 8. The SMILES string of the molecule is C=C(C1CCC(C)CC1)n1c(N2CCCCC2c2cccnc2)nc2nc(C3=NC(C)(O)ON3)nc(N[C@H](C)C3CCC3)c21. The fraction of sp³-hybridized carbons (Fsp3) is 0.606. The zero-order valence-electron chi connectivity index (χ0n) is 26.2. The van der Waals surface area contributed by atoms with E-state index in [-0.39, 0.29) is 17.9 Å². The number of anilines is 2. The van der Waals surface area contributed by atoms with E-state index in [0.717, 1.165) is 61.7 Å². The molecule has 2 aliphatic heterocycles. The predicted molar refractivity (Wildman–Crippen MR) is 172 cm³/mol. The topological polar surface area (TPSA) is 126 Å². The van der Waals surface area contributed by atoms with Crippen LogP contribution in [0.15, 0.2) is 36.1 Å². The number of aliphatic imine (C=N–C) groups is 1. The molecule has 0 spiro atoms. The molecule has 7 rings (SSSR count). The van der Waals surface area contributed by atoms with Crippen molar-refractivity contribution in [1.29, 1.82) is 0 Å². The van der Waals surface area contributed by atoms with Crippen LogP contribution in [0.3, 0.4) is 0 Å². The standard InChI is InChI=1S/C33H45N9O2/c1-20-13-15-24(16-14-20)22(3)42-27-28(35-21(2)23-9-7-10-23)36-30(31-39-33(4,43)44-40-31)37-29(27)38-32(42)41-18-6-5-12-26(41)25-11-8-17-34-19-25/h8,11,17,19-21,23-24,26,43H,3,5-7,9-10,12-16,18H2,1-2,4H3,(H,39,40)(H,35,36,37)/t20?,21-,24?,26?,33?/m1/s1. The fourth-order valence-electron chi connectivity index (χ4n) is 7.28. The molecule has 234 valence electrons. The van der Waals surface area contributed by atoms with Crippen molar-refractivity contribution in [3.63, 3.8) is 0 Å². The lowest BCUT2D eigenvalue weighted by atomic mass is 9.80. The quantitative estimate of drug-likeness (QED) is 0.295. The zero-order chi connectivity index (χ0) is 30.4. The molecule has 3 N–H and O–H groups in total. The lowest BCUT2D eigenvalue weighted by Crippen LogP contribution is -2.36. The molecule has 3 aromatic rings. The number of nitrogens with zero attached hydrogens (tertiary/aromatic N) is 7. The molecule has 3 aromatic heterocycles. The summed E-state index contributed by atoms with van der Waals surface area (Å²) in [6.07, 6.45) is 15.4. The summed E-state index contributed by atoms with van der Waals surface area (Å²) < 4.78 is 2.26. The second-order valence-corrected chi connectivity index (χ2v) is 13.5. The second kappa shape index (κ2) is 11.7. The summed E-state index contributed by atoms with van der Waals surface area (Å²) >= 11 is 0. The van der Waals surface area contributed by atoms with E-state index in [1.165, 1.54) is 44.6 Å². The number of amidine groups is 1. The van der Waals surface area contributed by atoms with E-state index in [4.69, 9.17) is 26.4 Å². The lowest BCUT2D eigenvalue weighted by Gasteiger charge is -2.38. The van der Waals surface area contributed by atoms with Gasteiger partial charge >= 0.3 is 0 Å². The Balaban J connectivity index is 1.40. The van der Waals surface area contributed by atoms with Crippen molar-refractivity contribution in [2.24, 2.45) is 22.7 Å². The minimum atomic E-state index is -1.69. The third-order valence-corrected chi connectivity index (χ3v) is 10.2. The normalized spacial score (nSPS) is 28.3. The Kier molecular flexibility index (Phi) is 7.78. The predicted octanol–water partition coefficient (Wildman–Crippen LogP) is 5.80. The Morgan fingerprint density at radius 3 is 2.61 bits per heavy atom. The van der Waals surface area contributed by atoms with E-state index in [2.05, 4.69) is 50.2 Å². The number of aromatic nitrogens is 5. The first kappa shape index (κ1) is 29.2. The van der Waals surface area contributed by atoms with Crippen molar-refractivity contribution < 1.29 is 9.94 Å². The van der Waals surface area contributed by atoms with E-state index in [1.807, 2.05) is 18.5 Å². The second-order valence-electron chi connectivity index (χ2n) is 13.5. The van der Waals surface area contributed by atoms with Gasteiger partial charge in [-0.15, -0.1) is 0 Å². The molecule has 3 atom stereocenters. The van der Waals surface area contributed by atoms with E-state index >= 15 is 0 Å². The van der Waals surface area contributed by atoms with E-state index in [9.17, 15) is 5.11 Å². The van der Waals surface area contributed by atoms with Crippen LogP contribution < -0.4 is 15.7 Å². The van der Waals surface area contributed by atoms with Crippen LogP contribution >= 0.6 is 0 Å². The Morgan fingerprint density at radius 2 is 1.93 bits per heavy atom. The Bertz CT molecular complexity index is 1540. The summed E-state index contributed by atoms with van der Waals surface area (Å²) in [6.45, 7) is 11.7. The maximum absolute atomic E-state index is 10.4. The van der Waals surface area contributed by atoms with Gasteiger partial charge in [0.2, 0.25) is 11.8 Å². The van der Waals surface area contributed by atoms with Crippen LogP contribution in [0.25, 0.3) is 16.9 Å². The van der Waals surface area contributed by atoms with Crippen LogP contribution in [-0.4, -0.2) is 53.9 Å². The molecule has 4 aliphatic rings. The van der Waals surface area contributed by atoms with Crippen molar-refractivity contribution in [3.05, 3.63) is 42.5 Å². The number of nitrogens with one attached hydrogen (secondary N) is 2. The summed E-state index contributed by atoms with van der Waals surface area (Å²) in [4.78, 5) is 31.7. The van der Waals surface area contributed by atoms with Crippen LogP contribution in [0.5, 0.6) is 0 Å². The summed E-state index contributed by atoms with van der Waals surface area (Å²) in [5.74, 6) is 2.15. The average molecular weight is 600 g/mol. The van der Waals surface area contributed by atoms with Crippen molar-refractivity contribution in [2.75, 3.05) is 16.8 Å². The van der Waals surface area contributed by atoms with Gasteiger partial charge in [0.05, 0.1) is 6.04 Å². The van der Waals surface area contributed by atoms with Gasteiger partial charge in [-0.05, 0) is 81.3 Å². The van der Waals surface area contributed by atoms with Crippen molar-refractivity contribution in [3.8, 4) is 0 Å². The number of hydrogen-bond acceptors (Lipinski definition) is 10. The number of allylic oxidation sites excluding steroid dienone is 1. The fourth-order valence-corrected chi connectivity index (χ4v) is 7.28. The van der Waals surface area contributed by atoms with Gasteiger partial charge in [-0.25, -0.2) is 25.3 Å². The molecule has 0 bridgehead atoms. The number of hydroxylamine groups is 1. The number of piperidine rings is 1. The summed E-state index contributed by atoms with van der Waals surface area (Å²) in [5.41, 5.74) is 6.39. The third-order valence-electron chi connectivity index (χ3n) is 10.2. The molecule has 0 radical (unpaired) electrons. The first-order valence-corrected chi connectivity index (χ1v) is 16.5. The number of imidazole rings is 1. The van der Waals surface area contributed by atoms with Crippen molar-refractivity contribution in [2.45, 2.75) is 103 Å². The molecule has 5 heterocycles. The molecule has 2 unspecified atom stereocenters. The van der Waals surface area contributed by atoms with Gasteiger partial charge in [0.15, 0.2) is 17.3 Å². The van der Waals surface area contributed by atoms with Gasteiger partial charge in [0, 0.05) is 37.6 Å². The molecule has 2 aliphatic carbocycles. The highest BCUT2D eigenvalue weighted by Crippen LogP contribution is 2.43. The van der Waals surface area contributed by atoms with Gasteiger partial charge in [-0.3, -0.25) is 9.55 Å². The molecule has 44 heavy (non-hydrogen) atoms. The van der Waals surface area contributed by atoms with Crippen LogP contribution in [-0.2, 0) is 4.84 Å². The largest absolute Gasteiger partial charge is 0.365 e. The third kappa shape index (κ3) is 5.56. The van der Waals surface area contributed by atoms with Gasteiger partial charge in [-0.2, -0.15) is 4.98 Å². The zero-order valence-corrected chi connectivity index (χ0v) is 26.2. The minimum Gasteiger partial charge on any atom is -0.365 e. The van der Waals surface area contributed by atoms with Crippen LogP contribution in [0, 0.1) is 17.8 Å². The molecular formula is C33H45N9O2. The summed E-state index contributed by atoms with van der Waals surface area (Å²) in [5, 5.41) is 14.1. The van der Waals surface area contributed by atoms with Crippen LogP contribution in [0.4, 0.5) is 11.8 Å². The van der Waals surface area contributed by atoms with E-state index in [1.54, 1.807) is 0 Å². The number of pyridine rings is 1. The number of aliphatic hydroxyl groups is 1. The first-order chi connectivity index (χ1) is 21.3. The first-order valence-electron chi connectivity index (χ1n) is 16.5. The minimum absolute atomic E-state index is 0.147. The highest BCUT2D eigenvalue weighted by molar-refractivity contribution is 5.99. The molecule has 0 amide bonds. The van der Waals surface area contributed by atoms with Gasteiger partial charge in [-0.1, -0.05) is 38.8 Å². The van der Waals surface area contributed by atoms with Crippen molar-refractivity contribution in [1.82, 2.24) is 30.0 Å². The highest BCUT2D eigenvalue weighted by atomic mass is 16.8. The summed E-state index contributed by atoms with van der Waals surface area (Å²) in [6, 6.07) is 4.55. The molecule has 0 aromatic carbocycles. The molecule has 11 heteroatoms. The Morgan fingerprint density at radius 1 is 1.11 bits per heavy atom. The Hall–Kier alpha value is -3.57. The molecule has 11 nitrogen and oxygen atoms in total. The molecular weight excluding hydrogens is 554 g/mol. The van der Waals surface area contributed by atoms with Crippen LogP contribution in [0.1, 0.15) is 102 Å². The van der Waals surface area contributed by atoms with Gasteiger partial charge in [0.25, 0.3) is 5.91 Å². The molecule has 3 fully saturated rings. The molecule has 2 saturated carbocycles. The number of hydrogen-bond donors (Lipinski definition) is 3. The Labute approximate surface area is 259 Å². The van der Waals surface area contributed by atoms with Crippen molar-refractivity contribution >= 4 is 34.5 Å². The van der Waals surface area contributed by atoms with Gasteiger partial charge in [0.1, 0.15) is 5.52 Å². The maximum Gasteiger partial charge on any atom is 0.288 e. The highest BCUT2D eigenvalue weighted by Gasteiger charge is 2.36. The maximum atomic E-state index is 10.4. The van der Waals surface area contributed by atoms with E-state index < -0.39 is 5.91 Å². The smallest absolute Gasteiger partial charge is 0.288 e. The monoisotopic (exact) mass is 599 g/mol. The van der Waals surface area contributed by atoms with Gasteiger partial charge < -0.3 is 15.3 Å².